The largest absolute Gasteiger partial charge is 0.396 e. The molecule has 0 aliphatic heterocycles. The van der Waals surface area contributed by atoms with E-state index in [9.17, 15) is 0 Å². The van der Waals surface area contributed by atoms with Crippen molar-refractivity contribution in [2.24, 2.45) is 0 Å². The molecular weight excluding hydrogens is 222 g/mol. The number of nitrogen functional groups attached to an aromatic ring is 1. The Labute approximate surface area is 109 Å². The molecule has 0 radical (unpaired) electrons. The van der Waals surface area contributed by atoms with E-state index in [0.717, 1.165) is 16.9 Å². The quantitative estimate of drug-likeness (QED) is 0.890. The zero-order chi connectivity index (χ0) is 13.3. The van der Waals surface area contributed by atoms with Crippen LogP contribution in [0.1, 0.15) is 45.2 Å². The highest BCUT2D eigenvalue weighted by atomic mass is 15.3. The number of hydrogen-bond donors (Lipinski definition) is 1. The molecule has 0 atom stereocenters. The van der Waals surface area contributed by atoms with E-state index in [-0.39, 0.29) is 0 Å². The fraction of sp³-hybridized carbons (Fsp3) is 0.400. The molecule has 96 valence electrons. The normalized spacial score (nSPS) is 11.4. The third kappa shape index (κ3) is 2.40. The molecule has 0 saturated carbocycles. The van der Waals surface area contributed by atoms with Crippen LogP contribution in [0.3, 0.4) is 0 Å². The summed E-state index contributed by atoms with van der Waals surface area (Å²) in [7, 11) is 0. The van der Waals surface area contributed by atoms with Crippen molar-refractivity contribution in [1.82, 2.24) is 9.78 Å². The van der Waals surface area contributed by atoms with Gasteiger partial charge in [0, 0.05) is 17.8 Å². The average Bonchev–Trinajstić information content (AvgIpc) is 2.71. The first-order valence-corrected chi connectivity index (χ1v) is 6.44. The van der Waals surface area contributed by atoms with E-state index in [4.69, 9.17) is 5.73 Å². The fourth-order valence-corrected chi connectivity index (χ4v) is 1.92. The lowest BCUT2D eigenvalue weighted by Gasteiger charge is -2.06. The van der Waals surface area contributed by atoms with E-state index in [1.807, 2.05) is 10.9 Å². The van der Waals surface area contributed by atoms with Gasteiger partial charge < -0.3 is 5.73 Å². The molecule has 0 fully saturated rings. The van der Waals surface area contributed by atoms with Crippen molar-refractivity contribution in [1.29, 1.82) is 0 Å². The van der Waals surface area contributed by atoms with Gasteiger partial charge in [0.05, 0.1) is 5.69 Å². The van der Waals surface area contributed by atoms with Crippen LogP contribution in [0.5, 0.6) is 0 Å². The monoisotopic (exact) mass is 243 g/mol. The maximum absolute atomic E-state index is 6.03. The highest BCUT2D eigenvalue weighted by molar-refractivity contribution is 5.72. The molecule has 0 saturated heterocycles. The molecule has 0 aliphatic carbocycles. The molecule has 2 rings (SSSR count). The first-order valence-electron chi connectivity index (χ1n) is 6.44. The van der Waals surface area contributed by atoms with Crippen molar-refractivity contribution in [3.8, 4) is 11.3 Å². The van der Waals surface area contributed by atoms with Gasteiger partial charge in [0.15, 0.2) is 0 Å². The maximum Gasteiger partial charge on any atom is 0.115 e. The average molecular weight is 243 g/mol. The number of anilines is 1. The van der Waals surface area contributed by atoms with Gasteiger partial charge in [0.1, 0.15) is 5.69 Å². The molecule has 1 aromatic carbocycles. The SMILES string of the molecule is CC(C)c1ccc(-c2nn(C(C)C)cc2N)cc1. The minimum absolute atomic E-state index is 0.330. The van der Waals surface area contributed by atoms with Crippen LogP contribution in [-0.2, 0) is 0 Å². The van der Waals surface area contributed by atoms with Crippen LogP contribution in [0.25, 0.3) is 11.3 Å². The zero-order valence-electron chi connectivity index (χ0n) is 11.5. The van der Waals surface area contributed by atoms with Gasteiger partial charge in [-0.25, -0.2) is 0 Å². The number of hydrogen-bond acceptors (Lipinski definition) is 2. The Balaban J connectivity index is 2.36. The highest BCUT2D eigenvalue weighted by Gasteiger charge is 2.10. The van der Waals surface area contributed by atoms with Gasteiger partial charge in [0.2, 0.25) is 0 Å². The molecule has 3 heteroatoms. The van der Waals surface area contributed by atoms with Crippen LogP contribution in [0.15, 0.2) is 30.5 Å². The Kier molecular flexibility index (Phi) is 3.41. The molecule has 0 unspecified atom stereocenters. The Morgan fingerprint density at radius 3 is 2.11 bits per heavy atom. The van der Waals surface area contributed by atoms with Gasteiger partial charge in [-0.05, 0) is 25.3 Å². The summed E-state index contributed by atoms with van der Waals surface area (Å²) in [4.78, 5) is 0. The second kappa shape index (κ2) is 4.84. The maximum atomic E-state index is 6.03. The van der Waals surface area contributed by atoms with Crippen molar-refractivity contribution < 1.29 is 0 Å². The van der Waals surface area contributed by atoms with Gasteiger partial charge in [-0.15, -0.1) is 0 Å². The fourth-order valence-electron chi connectivity index (χ4n) is 1.92. The zero-order valence-corrected chi connectivity index (χ0v) is 11.5. The third-order valence-corrected chi connectivity index (χ3v) is 3.14. The summed E-state index contributed by atoms with van der Waals surface area (Å²) in [6.07, 6.45) is 1.90. The summed E-state index contributed by atoms with van der Waals surface area (Å²) < 4.78 is 1.90. The molecule has 18 heavy (non-hydrogen) atoms. The molecule has 0 bridgehead atoms. The number of rotatable bonds is 3. The summed E-state index contributed by atoms with van der Waals surface area (Å²) in [5.41, 5.74) is 10.1. The number of benzene rings is 1. The van der Waals surface area contributed by atoms with Gasteiger partial charge in [0.25, 0.3) is 0 Å². The summed E-state index contributed by atoms with van der Waals surface area (Å²) >= 11 is 0. The molecule has 1 aromatic heterocycles. The predicted octanol–water partition coefficient (Wildman–Crippen LogP) is 3.84. The van der Waals surface area contributed by atoms with Gasteiger partial charge >= 0.3 is 0 Å². The number of aromatic nitrogens is 2. The van der Waals surface area contributed by atoms with Crippen molar-refractivity contribution >= 4 is 5.69 Å². The minimum Gasteiger partial charge on any atom is -0.396 e. The summed E-state index contributed by atoms with van der Waals surface area (Å²) in [6.45, 7) is 8.57. The molecule has 0 aliphatic rings. The van der Waals surface area contributed by atoms with E-state index in [1.165, 1.54) is 5.56 Å². The van der Waals surface area contributed by atoms with Crippen molar-refractivity contribution in [2.45, 2.75) is 39.7 Å². The standard InChI is InChI=1S/C15H21N3/c1-10(2)12-5-7-13(8-6-12)15-14(16)9-18(17-15)11(3)4/h5-11H,16H2,1-4H3. The van der Waals surface area contributed by atoms with Gasteiger partial charge in [-0.2, -0.15) is 5.10 Å². The highest BCUT2D eigenvalue weighted by Crippen LogP contribution is 2.26. The first-order chi connectivity index (χ1) is 8.49. The minimum atomic E-state index is 0.330. The molecule has 2 N–H and O–H groups in total. The number of nitrogens with two attached hydrogens (primary N) is 1. The Hall–Kier alpha value is -1.77. The lowest BCUT2D eigenvalue weighted by atomic mass is 10.0. The van der Waals surface area contributed by atoms with E-state index < -0.39 is 0 Å². The summed E-state index contributed by atoms with van der Waals surface area (Å²) in [5, 5.41) is 4.55. The third-order valence-electron chi connectivity index (χ3n) is 3.14. The second-order valence-electron chi connectivity index (χ2n) is 5.28. The van der Waals surface area contributed by atoms with E-state index in [0.29, 0.717) is 12.0 Å². The van der Waals surface area contributed by atoms with Crippen molar-refractivity contribution in [2.75, 3.05) is 5.73 Å². The number of nitrogens with zero attached hydrogens (tertiary/aromatic N) is 2. The molecule has 0 amide bonds. The van der Waals surface area contributed by atoms with Gasteiger partial charge in [-0.3, -0.25) is 4.68 Å². The van der Waals surface area contributed by atoms with E-state index in [2.05, 4.69) is 57.1 Å². The Morgan fingerprint density at radius 1 is 1.06 bits per heavy atom. The second-order valence-corrected chi connectivity index (χ2v) is 5.28. The lowest BCUT2D eigenvalue weighted by molar-refractivity contribution is 0.534. The summed E-state index contributed by atoms with van der Waals surface area (Å²) in [6, 6.07) is 8.81. The molecule has 3 nitrogen and oxygen atoms in total. The summed E-state index contributed by atoms with van der Waals surface area (Å²) in [5.74, 6) is 0.546. The first kappa shape index (κ1) is 12.7. The van der Waals surface area contributed by atoms with E-state index in [1.54, 1.807) is 0 Å². The Bertz CT molecular complexity index is 521. The van der Waals surface area contributed by atoms with E-state index >= 15 is 0 Å². The van der Waals surface area contributed by atoms with Crippen LogP contribution in [0.4, 0.5) is 5.69 Å². The van der Waals surface area contributed by atoms with Crippen LogP contribution in [0, 0.1) is 0 Å². The van der Waals surface area contributed by atoms with Crippen molar-refractivity contribution in [3.05, 3.63) is 36.0 Å². The molecule has 0 spiro atoms. The van der Waals surface area contributed by atoms with Crippen LogP contribution >= 0.6 is 0 Å². The Morgan fingerprint density at radius 2 is 1.67 bits per heavy atom. The molecular formula is C15H21N3. The van der Waals surface area contributed by atoms with Crippen LogP contribution in [-0.4, -0.2) is 9.78 Å². The van der Waals surface area contributed by atoms with Crippen LogP contribution in [0.2, 0.25) is 0 Å². The predicted molar refractivity (Wildman–Crippen MR) is 76.5 cm³/mol. The molecule has 1 heterocycles. The van der Waals surface area contributed by atoms with Gasteiger partial charge in [-0.1, -0.05) is 38.1 Å². The van der Waals surface area contributed by atoms with Crippen LogP contribution < -0.4 is 5.73 Å². The lowest BCUT2D eigenvalue weighted by Crippen LogP contribution is -2.00. The topological polar surface area (TPSA) is 43.8 Å². The van der Waals surface area contributed by atoms with Crippen molar-refractivity contribution in [3.63, 3.8) is 0 Å². The molecule has 2 aromatic rings. The smallest absolute Gasteiger partial charge is 0.115 e.